The maximum absolute atomic E-state index is 10.8. The Kier molecular flexibility index (Phi) is 8.28. The van der Waals surface area contributed by atoms with Crippen LogP contribution in [-0.2, 0) is 25.7 Å². The molecule has 4 aromatic carbocycles. The van der Waals surface area contributed by atoms with Gasteiger partial charge in [0.1, 0.15) is 5.75 Å². The van der Waals surface area contributed by atoms with Crippen LogP contribution in [0.2, 0.25) is 0 Å². The van der Waals surface area contributed by atoms with E-state index < -0.39 is 0 Å². The van der Waals surface area contributed by atoms with Gasteiger partial charge < -0.3 is 33.5 Å². The van der Waals surface area contributed by atoms with E-state index in [4.69, 9.17) is 28.4 Å². The smallest absolute Gasteiger partial charge is 0.204 e. The standard InChI is InChI=1S/C38H42N2O7/c1-39-16-14-26-27-21-33(43-4)36(44-5)35(26)47-38-34-24(20-32(42-3)37(38)45-6)13-15-40(2)29(34)18-23-9-12-30(41)31(19-23)46-25-10-7-22(8-11-25)17-28(27)39/h7-12,19-21,28-29,41H,13-18H2,1-6H3. The average Bonchev–Trinajstić information content (AvgIpc) is 3.08. The van der Waals surface area contributed by atoms with Gasteiger partial charge in [-0.15, -0.1) is 0 Å². The third-order valence-corrected chi connectivity index (χ3v) is 9.96. The highest BCUT2D eigenvalue weighted by Crippen LogP contribution is 2.54. The molecule has 4 aliphatic rings. The molecule has 0 aliphatic carbocycles. The molecule has 246 valence electrons. The molecule has 0 radical (unpaired) electrons. The molecule has 0 spiro atoms. The van der Waals surface area contributed by atoms with E-state index in [-0.39, 0.29) is 17.8 Å². The van der Waals surface area contributed by atoms with Crippen molar-refractivity contribution in [1.82, 2.24) is 9.80 Å². The summed E-state index contributed by atoms with van der Waals surface area (Å²) >= 11 is 0. The van der Waals surface area contributed by atoms with E-state index in [0.717, 1.165) is 65.7 Å². The molecular formula is C38H42N2O7. The number of hydrogen-bond acceptors (Lipinski definition) is 9. The number of rotatable bonds is 4. The van der Waals surface area contributed by atoms with E-state index in [1.165, 1.54) is 0 Å². The molecule has 0 fully saturated rings. The summed E-state index contributed by atoms with van der Waals surface area (Å²) in [6, 6.07) is 17.9. The van der Waals surface area contributed by atoms with Crippen LogP contribution < -0.4 is 28.4 Å². The lowest BCUT2D eigenvalue weighted by molar-refractivity contribution is 0.217. The second-order valence-electron chi connectivity index (χ2n) is 12.6. The van der Waals surface area contributed by atoms with Gasteiger partial charge in [-0.1, -0.05) is 18.2 Å². The van der Waals surface area contributed by atoms with Crippen molar-refractivity contribution in [2.45, 2.75) is 37.8 Å². The van der Waals surface area contributed by atoms with Crippen molar-refractivity contribution in [2.24, 2.45) is 0 Å². The first-order valence-electron chi connectivity index (χ1n) is 16.1. The van der Waals surface area contributed by atoms with Crippen LogP contribution in [0.15, 0.2) is 54.6 Å². The summed E-state index contributed by atoms with van der Waals surface area (Å²) in [6.07, 6.45) is 3.01. The minimum Gasteiger partial charge on any atom is -0.504 e. The fourth-order valence-electron chi connectivity index (χ4n) is 7.40. The van der Waals surface area contributed by atoms with Crippen LogP contribution in [0.4, 0.5) is 0 Å². The zero-order chi connectivity index (χ0) is 32.8. The molecule has 0 aromatic heterocycles. The van der Waals surface area contributed by atoms with Crippen molar-refractivity contribution in [1.29, 1.82) is 0 Å². The quantitative estimate of drug-likeness (QED) is 0.258. The van der Waals surface area contributed by atoms with Crippen molar-refractivity contribution >= 4 is 0 Å². The summed E-state index contributed by atoms with van der Waals surface area (Å²) in [5.74, 6) is 4.72. The van der Waals surface area contributed by atoms with Crippen LogP contribution in [0.3, 0.4) is 0 Å². The lowest BCUT2D eigenvalue weighted by Gasteiger charge is -2.38. The highest BCUT2D eigenvalue weighted by Gasteiger charge is 2.36. The van der Waals surface area contributed by atoms with E-state index in [2.05, 4.69) is 48.2 Å². The number of aromatic hydroxyl groups is 1. The van der Waals surface area contributed by atoms with E-state index in [1.807, 2.05) is 24.3 Å². The Morgan fingerprint density at radius 1 is 0.681 bits per heavy atom. The number of benzene rings is 4. The lowest BCUT2D eigenvalue weighted by Crippen LogP contribution is -2.34. The number of phenolic OH excluding ortho intramolecular Hbond substituents is 1. The second kappa shape index (κ2) is 12.5. The first-order chi connectivity index (χ1) is 22.8. The fourth-order valence-corrected chi connectivity index (χ4v) is 7.40. The van der Waals surface area contributed by atoms with Crippen molar-refractivity contribution in [3.05, 3.63) is 88.0 Å². The van der Waals surface area contributed by atoms with Gasteiger partial charge in [0.15, 0.2) is 34.5 Å². The summed E-state index contributed by atoms with van der Waals surface area (Å²) in [6.45, 7) is 1.70. The molecule has 4 aromatic rings. The van der Waals surface area contributed by atoms with Gasteiger partial charge >= 0.3 is 0 Å². The monoisotopic (exact) mass is 638 g/mol. The average molecular weight is 639 g/mol. The lowest BCUT2D eigenvalue weighted by atomic mass is 9.86. The Morgan fingerprint density at radius 3 is 2.04 bits per heavy atom. The first kappa shape index (κ1) is 31.0. The molecular weight excluding hydrogens is 596 g/mol. The van der Waals surface area contributed by atoms with Gasteiger partial charge in [-0.3, -0.25) is 9.80 Å². The number of phenols is 1. The maximum Gasteiger partial charge on any atom is 0.204 e. The number of likely N-dealkylation sites (N-methyl/N-ethyl adjacent to an activating group) is 2. The van der Waals surface area contributed by atoms with Gasteiger partial charge in [0.2, 0.25) is 11.5 Å². The van der Waals surface area contributed by atoms with Gasteiger partial charge in [-0.25, -0.2) is 0 Å². The molecule has 9 nitrogen and oxygen atoms in total. The molecule has 8 rings (SSSR count). The third kappa shape index (κ3) is 5.47. The third-order valence-electron chi connectivity index (χ3n) is 9.96. The second-order valence-corrected chi connectivity index (χ2v) is 12.6. The van der Waals surface area contributed by atoms with Crippen molar-refractivity contribution in [3.8, 4) is 51.7 Å². The van der Waals surface area contributed by atoms with Gasteiger partial charge in [0, 0.05) is 36.3 Å². The summed E-state index contributed by atoms with van der Waals surface area (Å²) in [4.78, 5) is 4.72. The molecule has 0 saturated heterocycles. The number of hydrogen-bond donors (Lipinski definition) is 1. The molecule has 2 atom stereocenters. The van der Waals surface area contributed by atoms with Gasteiger partial charge in [0.25, 0.3) is 0 Å². The Morgan fingerprint density at radius 2 is 1.32 bits per heavy atom. The Bertz CT molecular complexity index is 1810. The highest BCUT2D eigenvalue weighted by atomic mass is 16.6. The van der Waals surface area contributed by atoms with Crippen molar-refractivity contribution in [3.63, 3.8) is 0 Å². The zero-order valence-corrected chi connectivity index (χ0v) is 27.9. The first-order valence-corrected chi connectivity index (χ1v) is 16.1. The van der Waals surface area contributed by atoms with Crippen LogP contribution in [0.1, 0.15) is 45.5 Å². The minimum absolute atomic E-state index is 0.0623. The largest absolute Gasteiger partial charge is 0.504 e. The Hall–Kier alpha value is -4.60. The van der Waals surface area contributed by atoms with Crippen molar-refractivity contribution in [2.75, 3.05) is 55.6 Å². The summed E-state index contributed by atoms with van der Waals surface area (Å²) in [7, 11) is 10.9. The van der Waals surface area contributed by atoms with E-state index in [9.17, 15) is 5.11 Å². The minimum atomic E-state index is -0.0737. The van der Waals surface area contributed by atoms with E-state index in [0.29, 0.717) is 52.4 Å². The van der Waals surface area contributed by atoms with Crippen LogP contribution >= 0.6 is 0 Å². The molecule has 4 aliphatic heterocycles. The fraction of sp³-hybridized carbons (Fsp3) is 0.368. The highest BCUT2D eigenvalue weighted by molar-refractivity contribution is 5.67. The predicted molar refractivity (Wildman–Crippen MR) is 179 cm³/mol. The topological polar surface area (TPSA) is 82.1 Å². The zero-order valence-electron chi connectivity index (χ0n) is 27.9. The Labute approximate surface area is 276 Å². The van der Waals surface area contributed by atoms with Gasteiger partial charge in [-0.2, -0.15) is 0 Å². The molecule has 9 heteroatoms. The summed E-state index contributed by atoms with van der Waals surface area (Å²) < 4.78 is 37.4. The number of ether oxygens (including phenoxy) is 6. The summed E-state index contributed by atoms with van der Waals surface area (Å²) in [5, 5.41) is 10.8. The van der Waals surface area contributed by atoms with Crippen LogP contribution in [0.5, 0.6) is 51.7 Å². The predicted octanol–water partition coefficient (Wildman–Crippen LogP) is 6.87. The molecule has 0 amide bonds. The van der Waals surface area contributed by atoms with Crippen LogP contribution in [0, 0.1) is 0 Å². The number of nitrogens with zero attached hydrogens (tertiary/aromatic N) is 2. The molecule has 47 heavy (non-hydrogen) atoms. The normalized spacial score (nSPS) is 19.0. The van der Waals surface area contributed by atoms with Crippen LogP contribution in [-0.4, -0.2) is 70.5 Å². The van der Waals surface area contributed by atoms with Crippen LogP contribution in [0.25, 0.3) is 0 Å². The molecule has 0 saturated carbocycles. The Balaban J connectivity index is 1.51. The molecule has 4 heterocycles. The maximum atomic E-state index is 10.8. The van der Waals surface area contributed by atoms with Gasteiger partial charge in [0.05, 0.1) is 28.4 Å². The number of methoxy groups -OCH3 is 4. The van der Waals surface area contributed by atoms with Gasteiger partial charge in [-0.05, 0) is 98.4 Å². The molecule has 2 unspecified atom stereocenters. The molecule has 8 bridgehead atoms. The van der Waals surface area contributed by atoms with E-state index >= 15 is 0 Å². The van der Waals surface area contributed by atoms with Crippen molar-refractivity contribution < 1.29 is 33.5 Å². The SMILES string of the molecule is COc1cc2c3c(c1OC)Oc1c(OC)c(OC)cc4c1C(Cc1ccc(O)c(c1)Oc1ccc(cc1)CC2N(C)CC3)N(C)CC4. The number of fused-ring (bicyclic) bond motifs is 2. The molecule has 1 N–H and O–H groups in total. The summed E-state index contributed by atoms with van der Waals surface area (Å²) in [5.41, 5.74) is 6.58. The van der Waals surface area contributed by atoms with E-state index in [1.54, 1.807) is 34.5 Å².